The Kier molecular flexibility index (Phi) is 11.3. The summed E-state index contributed by atoms with van der Waals surface area (Å²) in [5.41, 5.74) is 4.27. The van der Waals surface area contributed by atoms with E-state index in [0.717, 1.165) is 6.42 Å². The molecule has 27 heavy (non-hydrogen) atoms. The third kappa shape index (κ3) is 4.74. The van der Waals surface area contributed by atoms with Gasteiger partial charge in [0, 0.05) is 0 Å². The minimum atomic E-state index is -0.0287. The van der Waals surface area contributed by atoms with E-state index in [2.05, 4.69) is 113 Å². The van der Waals surface area contributed by atoms with Crippen LogP contribution in [0, 0.1) is 0 Å². The molecule has 1 atom stereocenters. The van der Waals surface area contributed by atoms with Gasteiger partial charge in [-0.3, -0.25) is 0 Å². The van der Waals surface area contributed by atoms with Gasteiger partial charge in [-0.25, -0.2) is 0 Å². The standard InChI is InChI=1S/C23H25.3ClH.Ti/c1-3-4-18-23(20-13-7-5-8-14-20,21-15-9-6-10-16-21)22-17-11-12-19(22)2;;;;/h5-17H,3-4,18H2,1-2H3;3*1H;/q;;;;+3/p-3. The molecular weight excluding hydrogens is 430 g/mol. The molecule has 0 spiro atoms. The van der Waals surface area contributed by atoms with Crippen LogP contribution in [-0.2, 0) is 25.9 Å². The second kappa shape index (κ2) is 11.5. The summed E-state index contributed by atoms with van der Waals surface area (Å²) in [7, 11) is 0. The minimum absolute atomic E-state index is 0. The van der Waals surface area contributed by atoms with Gasteiger partial charge < -0.3 is 37.2 Å². The zero-order chi connectivity index (χ0) is 17.0. The van der Waals surface area contributed by atoms with Crippen molar-refractivity contribution in [2.45, 2.75) is 42.2 Å². The van der Waals surface area contributed by atoms with Crippen LogP contribution in [0.3, 0.4) is 0 Å². The molecule has 2 aromatic carbocycles. The van der Waals surface area contributed by atoms with Gasteiger partial charge in [0.2, 0.25) is 0 Å². The van der Waals surface area contributed by atoms with Gasteiger partial charge in [-0.2, -0.15) is 0 Å². The normalized spacial score (nSPS) is 18.0. The summed E-state index contributed by atoms with van der Waals surface area (Å²) < 4.78 is 0.00484. The van der Waals surface area contributed by atoms with Gasteiger partial charge in [-0.05, 0) is 0 Å². The van der Waals surface area contributed by atoms with Crippen molar-refractivity contribution in [3.05, 3.63) is 95.6 Å². The Labute approximate surface area is 194 Å². The van der Waals surface area contributed by atoms with Gasteiger partial charge in [-0.15, -0.1) is 0 Å². The van der Waals surface area contributed by atoms with E-state index in [0.29, 0.717) is 0 Å². The van der Waals surface area contributed by atoms with Crippen LogP contribution in [0.4, 0.5) is 0 Å². The maximum atomic E-state index is 2.41. The van der Waals surface area contributed by atoms with E-state index < -0.39 is 0 Å². The van der Waals surface area contributed by atoms with E-state index >= 15 is 0 Å². The number of unbranched alkanes of at least 4 members (excludes halogenated alkanes) is 1. The van der Waals surface area contributed by atoms with Crippen molar-refractivity contribution in [3.63, 3.8) is 0 Å². The molecule has 0 saturated heterocycles. The molecule has 0 aliphatic heterocycles. The molecule has 0 aromatic heterocycles. The van der Waals surface area contributed by atoms with E-state index in [1.54, 1.807) is 0 Å². The third-order valence-corrected chi connectivity index (χ3v) is 6.97. The molecule has 0 bridgehead atoms. The average Bonchev–Trinajstić information content (AvgIpc) is 2.97. The molecule has 0 heterocycles. The van der Waals surface area contributed by atoms with Crippen molar-refractivity contribution in [2.24, 2.45) is 0 Å². The third-order valence-electron chi connectivity index (χ3n) is 5.43. The van der Waals surface area contributed by atoms with Gasteiger partial charge in [0.05, 0.1) is 0 Å². The van der Waals surface area contributed by atoms with Crippen LogP contribution >= 0.6 is 0 Å². The molecule has 0 amide bonds. The first-order valence-corrected chi connectivity index (χ1v) is 9.66. The molecule has 1 unspecified atom stereocenters. The number of halogens is 3. The van der Waals surface area contributed by atoms with Gasteiger partial charge in [0.1, 0.15) is 0 Å². The molecule has 0 radical (unpaired) electrons. The summed E-state index contributed by atoms with van der Waals surface area (Å²) in [6.07, 6.45) is 10.5. The Hall–Kier alpha value is -0.496. The molecule has 142 valence electrons. The van der Waals surface area contributed by atoms with E-state index in [1.165, 1.54) is 29.5 Å². The summed E-state index contributed by atoms with van der Waals surface area (Å²) in [5.74, 6) is 0. The molecule has 4 heteroatoms. The van der Waals surface area contributed by atoms with Gasteiger partial charge in [0.15, 0.2) is 0 Å². The fourth-order valence-corrected chi connectivity index (χ4v) is 5.00. The van der Waals surface area contributed by atoms with Crippen molar-refractivity contribution >= 4 is 0 Å². The summed E-state index contributed by atoms with van der Waals surface area (Å²) >= 11 is 2.41. The van der Waals surface area contributed by atoms with Crippen molar-refractivity contribution in [2.75, 3.05) is 0 Å². The van der Waals surface area contributed by atoms with Crippen molar-refractivity contribution in [3.8, 4) is 0 Å². The van der Waals surface area contributed by atoms with Crippen molar-refractivity contribution in [1.29, 1.82) is 0 Å². The zero-order valence-electron chi connectivity index (χ0n) is 15.8. The monoisotopic (exact) mass is 454 g/mol. The maximum absolute atomic E-state index is 2.41. The Balaban J connectivity index is 0.00000225. The topological polar surface area (TPSA) is 0 Å². The molecule has 0 fully saturated rings. The van der Waals surface area contributed by atoms with Gasteiger partial charge in [-0.1, -0.05) is 0 Å². The average molecular weight is 456 g/mol. The van der Waals surface area contributed by atoms with Crippen LogP contribution < -0.4 is 37.2 Å². The first kappa shape index (κ1) is 26.5. The van der Waals surface area contributed by atoms with Crippen molar-refractivity contribution in [1.82, 2.24) is 0 Å². The smallest absolute Gasteiger partial charge is 1.00 e. The number of hydrogen-bond acceptors (Lipinski definition) is 0. The Bertz CT molecular complexity index is 701. The maximum Gasteiger partial charge on any atom is -1.00 e. The van der Waals surface area contributed by atoms with Gasteiger partial charge in [0.25, 0.3) is 0 Å². The predicted octanol–water partition coefficient (Wildman–Crippen LogP) is -2.60. The molecule has 2 aromatic rings. The van der Waals surface area contributed by atoms with Crippen LogP contribution in [0.2, 0.25) is 3.72 Å². The SMILES string of the molecule is CCCCC(c1ccccc1)(c1ccccc1)[C]1([Ti+3])C=CC=C1C.[Cl-].[Cl-].[Cl-]. The number of allylic oxidation sites excluding steroid dienone is 4. The molecule has 0 N–H and O–H groups in total. The molecular formula is C23H25Cl3Ti. The number of hydrogen-bond donors (Lipinski definition) is 0. The second-order valence-electron chi connectivity index (χ2n) is 6.76. The second-order valence-corrected chi connectivity index (χ2v) is 7.99. The van der Waals surface area contributed by atoms with E-state index in [9.17, 15) is 0 Å². The Morgan fingerprint density at radius 3 is 1.70 bits per heavy atom. The Morgan fingerprint density at radius 1 is 0.852 bits per heavy atom. The van der Waals surface area contributed by atoms with Crippen LogP contribution in [0.25, 0.3) is 0 Å². The van der Waals surface area contributed by atoms with Crippen LogP contribution in [0.5, 0.6) is 0 Å². The van der Waals surface area contributed by atoms with Crippen LogP contribution in [0.15, 0.2) is 84.5 Å². The predicted molar refractivity (Wildman–Crippen MR) is 98.8 cm³/mol. The number of benzene rings is 2. The quantitative estimate of drug-likeness (QED) is 0.419. The summed E-state index contributed by atoms with van der Waals surface area (Å²) in [6.45, 7) is 4.57. The summed E-state index contributed by atoms with van der Waals surface area (Å²) in [5, 5.41) is 0. The minimum Gasteiger partial charge on any atom is -1.00 e. The molecule has 1 aliphatic carbocycles. The molecule has 1 aliphatic rings. The first-order chi connectivity index (χ1) is 11.6. The Morgan fingerprint density at radius 2 is 1.33 bits per heavy atom. The number of rotatable bonds is 6. The van der Waals surface area contributed by atoms with E-state index in [1.807, 2.05) is 0 Å². The van der Waals surface area contributed by atoms with E-state index in [-0.39, 0.29) is 46.4 Å². The summed E-state index contributed by atoms with van der Waals surface area (Å²) in [4.78, 5) is 0. The zero-order valence-corrected chi connectivity index (χ0v) is 19.6. The fourth-order valence-electron chi connectivity index (χ4n) is 4.07. The molecule has 0 saturated carbocycles. The van der Waals surface area contributed by atoms with E-state index in [4.69, 9.17) is 0 Å². The molecule has 3 rings (SSSR count). The van der Waals surface area contributed by atoms with Crippen molar-refractivity contribution < 1.29 is 57.7 Å². The molecule has 0 nitrogen and oxygen atoms in total. The van der Waals surface area contributed by atoms with Crippen LogP contribution in [-0.4, -0.2) is 0 Å². The van der Waals surface area contributed by atoms with Crippen LogP contribution in [0.1, 0.15) is 44.2 Å². The summed E-state index contributed by atoms with van der Waals surface area (Å²) in [6, 6.07) is 22.2. The first-order valence-electron chi connectivity index (χ1n) is 8.88. The largest absolute Gasteiger partial charge is 1.00 e. The fraction of sp³-hybridized carbons (Fsp3) is 0.304. The van der Waals surface area contributed by atoms with Gasteiger partial charge >= 0.3 is 158 Å².